The maximum atomic E-state index is 10.9. The van der Waals surface area contributed by atoms with Crippen LogP contribution in [0, 0.1) is 10.1 Å². The average Bonchev–Trinajstić information content (AvgIpc) is 2.45. The van der Waals surface area contributed by atoms with E-state index in [0.717, 1.165) is 10.0 Å². The highest BCUT2D eigenvalue weighted by Crippen LogP contribution is 2.28. The van der Waals surface area contributed by atoms with Crippen molar-refractivity contribution >= 4 is 27.3 Å². The van der Waals surface area contributed by atoms with E-state index >= 15 is 0 Å². The maximum Gasteiger partial charge on any atom is 0.292 e. The standard InChI is InChI=1S/C13H12BrN3O3/c1-20-13-5-2-9(8-16-13)7-15-11-6-10(14)3-4-12(11)17(18)19/h2-6,8,15H,7H2,1H3. The molecular weight excluding hydrogens is 326 g/mol. The van der Waals surface area contributed by atoms with Gasteiger partial charge in [-0.1, -0.05) is 22.0 Å². The summed E-state index contributed by atoms with van der Waals surface area (Å²) < 4.78 is 5.75. The molecule has 0 aliphatic heterocycles. The summed E-state index contributed by atoms with van der Waals surface area (Å²) in [4.78, 5) is 14.6. The van der Waals surface area contributed by atoms with E-state index < -0.39 is 4.92 Å². The highest BCUT2D eigenvalue weighted by atomic mass is 79.9. The lowest BCUT2D eigenvalue weighted by molar-refractivity contribution is -0.384. The molecule has 0 aliphatic carbocycles. The summed E-state index contributed by atoms with van der Waals surface area (Å²) in [5.74, 6) is 0.530. The second-order valence-electron chi connectivity index (χ2n) is 3.98. The van der Waals surface area contributed by atoms with E-state index in [4.69, 9.17) is 4.74 Å². The molecule has 1 heterocycles. The van der Waals surface area contributed by atoms with Gasteiger partial charge in [-0.25, -0.2) is 4.98 Å². The summed E-state index contributed by atoms with van der Waals surface area (Å²) in [5, 5.41) is 14.0. The fourth-order valence-corrected chi connectivity index (χ4v) is 2.00. The van der Waals surface area contributed by atoms with Gasteiger partial charge in [-0.05, 0) is 17.7 Å². The molecule has 0 saturated heterocycles. The van der Waals surface area contributed by atoms with Crippen LogP contribution in [0.25, 0.3) is 0 Å². The number of hydrogen-bond acceptors (Lipinski definition) is 5. The first-order valence-corrected chi connectivity index (χ1v) is 6.56. The Balaban J connectivity index is 2.13. The van der Waals surface area contributed by atoms with Gasteiger partial charge in [-0.2, -0.15) is 0 Å². The first-order valence-electron chi connectivity index (χ1n) is 5.77. The number of pyridine rings is 1. The summed E-state index contributed by atoms with van der Waals surface area (Å²) in [6, 6.07) is 8.36. The second-order valence-corrected chi connectivity index (χ2v) is 4.90. The van der Waals surface area contributed by atoms with Gasteiger partial charge in [-0.3, -0.25) is 10.1 Å². The highest BCUT2D eigenvalue weighted by Gasteiger charge is 2.13. The molecule has 104 valence electrons. The van der Waals surface area contributed by atoms with E-state index in [-0.39, 0.29) is 5.69 Å². The Morgan fingerprint density at radius 2 is 2.20 bits per heavy atom. The number of nitro benzene ring substituents is 1. The van der Waals surface area contributed by atoms with Crippen LogP contribution >= 0.6 is 15.9 Å². The summed E-state index contributed by atoms with van der Waals surface area (Å²) in [5.41, 5.74) is 1.40. The van der Waals surface area contributed by atoms with Crippen molar-refractivity contribution in [1.29, 1.82) is 0 Å². The van der Waals surface area contributed by atoms with Crippen LogP contribution in [-0.2, 0) is 6.54 Å². The molecule has 0 spiro atoms. The summed E-state index contributed by atoms with van der Waals surface area (Å²) in [6.45, 7) is 0.439. The molecule has 1 aromatic carbocycles. The lowest BCUT2D eigenvalue weighted by Crippen LogP contribution is -2.03. The minimum absolute atomic E-state index is 0.0367. The number of ether oxygens (including phenoxy) is 1. The molecule has 0 saturated carbocycles. The molecule has 0 aliphatic rings. The fourth-order valence-electron chi connectivity index (χ4n) is 1.64. The van der Waals surface area contributed by atoms with E-state index in [1.54, 1.807) is 31.5 Å². The molecule has 0 unspecified atom stereocenters. The Bertz CT molecular complexity index is 617. The zero-order valence-corrected chi connectivity index (χ0v) is 12.3. The quantitative estimate of drug-likeness (QED) is 0.668. The van der Waals surface area contributed by atoms with E-state index in [1.165, 1.54) is 6.07 Å². The minimum atomic E-state index is -0.416. The van der Waals surface area contributed by atoms with E-state index in [1.807, 2.05) is 6.07 Å². The van der Waals surface area contributed by atoms with Crippen molar-refractivity contribution in [3.8, 4) is 5.88 Å². The van der Waals surface area contributed by atoms with Crippen LogP contribution < -0.4 is 10.1 Å². The number of hydrogen-bond donors (Lipinski definition) is 1. The number of anilines is 1. The Morgan fingerprint density at radius 1 is 1.40 bits per heavy atom. The smallest absolute Gasteiger partial charge is 0.292 e. The first kappa shape index (κ1) is 14.3. The van der Waals surface area contributed by atoms with Gasteiger partial charge >= 0.3 is 0 Å². The molecule has 20 heavy (non-hydrogen) atoms. The molecule has 2 aromatic rings. The third kappa shape index (κ3) is 3.45. The zero-order chi connectivity index (χ0) is 14.5. The Hall–Kier alpha value is -2.15. The molecule has 0 atom stereocenters. The maximum absolute atomic E-state index is 10.9. The summed E-state index contributed by atoms with van der Waals surface area (Å²) in [6.07, 6.45) is 1.66. The predicted octanol–water partition coefficient (Wildman–Crippen LogP) is 3.37. The van der Waals surface area contributed by atoms with Gasteiger partial charge in [-0.15, -0.1) is 0 Å². The van der Waals surface area contributed by atoms with Crippen molar-refractivity contribution in [2.45, 2.75) is 6.54 Å². The summed E-state index contributed by atoms with van der Waals surface area (Å²) >= 11 is 3.30. The molecular formula is C13H12BrN3O3. The van der Waals surface area contributed by atoms with Crippen LogP contribution in [0.2, 0.25) is 0 Å². The Morgan fingerprint density at radius 3 is 2.80 bits per heavy atom. The van der Waals surface area contributed by atoms with Gasteiger partial charge < -0.3 is 10.1 Å². The number of aromatic nitrogens is 1. The second kappa shape index (κ2) is 6.33. The van der Waals surface area contributed by atoms with E-state index in [0.29, 0.717) is 18.1 Å². The normalized spacial score (nSPS) is 10.1. The van der Waals surface area contributed by atoms with Crippen molar-refractivity contribution < 1.29 is 9.66 Å². The fraction of sp³-hybridized carbons (Fsp3) is 0.154. The molecule has 1 N–H and O–H groups in total. The number of nitro groups is 1. The van der Waals surface area contributed by atoms with Gasteiger partial charge in [0.1, 0.15) is 5.69 Å². The van der Waals surface area contributed by atoms with Gasteiger partial charge in [0.05, 0.1) is 12.0 Å². The molecule has 0 bridgehead atoms. The molecule has 0 radical (unpaired) electrons. The number of rotatable bonds is 5. The Kier molecular flexibility index (Phi) is 4.52. The van der Waals surface area contributed by atoms with E-state index in [2.05, 4.69) is 26.2 Å². The SMILES string of the molecule is COc1ccc(CNc2cc(Br)ccc2[N+](=O)[O-])cn1. The van der Waals surface area contributed by atoms with Crippen LogP contribution in [-0.4, -0.2) is 17.0 Å². The topological polar surface area (TPSA) is 77.3 Å². The Labute approximate surface area is 124 Å². The average molecular weight is 338 g/mol. The molecule has 0 fully saturated rings. The molecule has 2 rings (SSSR count). The molecule has 6 nitrogen and oxygen atoms in total. The van der Waals surface area contributed by atoms with Crippen LogP contribution in [0.15, 0.2) is 41.0 Å². The molecule has 0 amide bonds. The number of nitrogens with one attached hydrogen (secondary N) is 1. The third-order valence-corrected chi connectivity index (χ3v) is 3.14. The van der Waals surface area contributed by atoms with Crippen molar-refractivity contribution in [1.82, 2.24) is 4.98 Å². The summed E-state index contributed by atoms with van der Waals surface area (Å²) in [7, 11) is 1.55. The number of halogens is 1. The zero-order valence-electron chi connectivity index (χ0n) is 10.7. The minimum Gasteiger partial charge on any atom is -0.481 e. The predicted molar refractivity (Wildman–Crippen MR) is 78.9 cm³/mol. The highest BCUT2D eigenvalue weighted by molar-refractivity contribution is 9.10. The number of nitrogens with zero attached hydrogens (tertiary/aromatic N) is 2. The van der Waals surface area contributed by atoms with Crippen molar-refractivity contribution in [2.24, 2.45) is 0 Å². The van der Waals surface area contributed by atoms with Crippen LogP contribution in [0.3, 0.4) is 0 Å². The van der Waals surface area contributed by atoms with Gasteiger partial charge in [0.15, 0.2) is 0 Å². The molecule has 7 heteroatoms. The van der Waals surface area contributed by atoms with Crippen LogP contribution in [0.4, 0.5) is 11.4 Å². The monoisotopic (exact) mass is 337 g/mol. The van der Waals surface area contributed by atoms with Crippen molar-refractivity contribution in [2.75, 3.05) is 12.4 Å². The largest absolute Gasteiger partial charge is 0.481 e. The number of benzene rings is 1. The van der Waals surface area contributed by atoms with Crippen molar-refractivity contribution in [3.05, 3.63) is 56.7 Å². The van der Waals surface area contributed by atoms with Crippen LogP contribution in [0.1, 0.15) is 5.56 Å². The van der Waals surface area contributed by atoms with Crippen molar-refractivity contribution in [3.63, 3.8) is 0 Å². The van der Waals surface area contributed by atoms with Gasteiger partial charge in [0, 0.05) is 29.3 Å². The van der Waals surface area contributed by atoms with E-state index in [9.17, 15) is 10.1 Å². The first-order chi connectivity index (χ1) is 9.60. The molecule has 1 aromatic heterocycles. The van der Waals surface area contributed by atoms with Gasteiger partial charge in [0.2, 0.25) is 5.88 Å². The van der Waals surface area contributed by atoms with Crippen LogP contribution in [0.5, 0.6) is 5.88 Å². The van der Waals surface area contributed by atoms with Gasteiger partial charge in [0.25, 0.3) is 5.69 Å². The third-order valence-electron chi connectivity index (χ3n) is 2.64. The lowest BCUT2D eigenvalue weighted by Gasteiger charge is -2.08. The number of methoxy groups -OCH3 is 1. The lowest BCUT2D eigenvalue weighted by atomic mass is 10.2.